The molecule has 4 nitrogen and oxygen atoms in total. The van der Waals surface area contributed by atoms with E-state index in [4.69, 9.17) is 10.5 Å². The summed E-state index contributed by atoms with van der Waals surface area (Å²) in [7, 11) is 0. The van der Waals surface area contributed by atoms with Gasteiger partial charge in [-0.2, -0.15) is 4.98 Å². The van der Waals surface area contributed by atoms with Crippen molar-refractivity contribution >= 4 is 11.5 Å². The number of ether oxygens (including phenoxy) is 1. The minimum Gasteiger partial charge on any atom is -0.473 e. The van der Waals surface area contributed by atoms with E-state index in [1.807, 2.05) is 26.0 Å². The van der Waals surface area contributed by atoms with Gasteiger partial charge in [-0.25, -0.2) is 0 Å². The summed E-state index contributed by atoms with van der Waals surface area (Å²) in [4.78, 5) is 7.00. The lowest BCUT2D eigenvalue weighted by molar-refractivity contribution is 0.234. The van der Waals surface area contributed by atoms with Crippen molar-refractivity contribution in [1.82, 2.24) is 4.98 Å². The number of aromatic nitrogens is 1. The van der Waals surface area contributed by atoms with Gasteiger partial charge >= 0.3 is 0 Å². The van der Waals surface area contributed by atoms with Crippen molar-refractivity contribution < 1.29 is 4.74 Å². The van der Waals surface area contributed by atoms with E-state index in [0.29, 0.717) is 17.6 Å². The summed E-state index contributed by atoms with van der Waals surface area (Å²) >= 11 is 0. The van der Waals surface area contributed by atoms with Crippen LogP contribution in [0.5, 0.6) is 5.88 Å². The first-order valence-corrected chi connectivity index (χ1v) is 7.31. The van der Waals surface area contributed by atoms with Crippen LogP contribution in [-0.4, -0.2) is 23.7 Å². The molecule has 1 aliphatic carbocycles. The summed E-state index contributed by atoms with van der Waals surface area (Å²) in [6.07, 6.45) is 5.04. The summed E-state index contributed by atoms with van der Waals surface area (Å²) in [6, 6.07) is 4.58. The molecule has 1 saturated carbocycles. The molecule has 0 atom stereocenters. The second kappa shape index (κ2) is 6.13. The minimum atomic E-state index is 0.0927. The average Bonchev–Trinajstić information content (AvgIpc) is 3.17. The molecule has 1 fully saturated rings. The van der Waals surface area contributed by atoms with E-state index in [1.54, 1.807) is 0 Å². The largest absolute Gasteiger partial charge is 0.473 e. The maximum Gasteiger partial charge on any atom is 0.239 e. The number of hydrogen-bond acceptors (Lipinski definition) is 4. The second-order valence-electron chi connectivity index (χ2n) is 5.51. The van der Waals surface area contributed by atoms with E-state index in [9.17, 15) is 0 Å². The van der Waals surface area contributed by atoms with E-state index >= 15 is 0 Å². The Morgan fingerprint density at radius 2 is 2.16 bits per heavy atom. The van der Waals surface area contributed by atoms with Gasteiger partial charge in [-0.05, 0) is 45.2 Å². The molecule has 0 radical (unpaired) electrons. The van der Waals surface area contributed by atoms with Crippen molar-refractivity contribution in [1.29, 1.82) is 0 Å². The SMILES string of the molecule is CCCCN(c1ccc(N)c(OC(C)C)n1)C1CC1. The number of pyridine rings is 1. The van der Waals surface area contributed by atoms with Gasteiger partial charge in [-0.15, -0.1) is 0 Å². The molecule has 0 unspecified atom stereocenters. The summed E-state index contributed by atoms with van der Waals surface area (Å²) in [5.74, 6) is 1.57. The van der Waals surface area contributed by atoms with Crippen LogP contribution in [0.25, 0.3) is 0 Å². The number of nitrogens with two attached hydrogens (primary N) is 1. The average molecular weight is 263 g/mol. The van der Waals surface area contributed by atoms with Crippen LogP contribution in [0.3, 0.4) is 0 Å². The fraction of sp³-hybridized carbons (Fsp3) is 0.667. The predicted molar refractivity (Wildman–Crippen MR) is 79.7 cm³/mol. The van der Waals surface area contributed by atoms with Crippen molar-refractivity contribution in [3.8, 4) is 5.88 Å². The lowest BCUT2D eigenvalue weighted by Crippen LogP contribution is -2.28. The summed E-state index contributed by atoms with van der Waals surface area (Å²) < 4.78 is 5.68. The van der Waals surface area contributed by atoms with E-state index in [2.05, 4.69) is 16.8 Å². The molecule has 1 aliphatic rings. The zero-order chi connectivity index (χ0) is 13.8. The lowest BCUT2D eigenvalue weighted by Gasteiger charge is -2.24. The Balaban J connectivity index is 2.17. The predicted octanol–water partition coefficient (Wildman–Crippen LogP) is 3.22. The highest BCUT2D eigenvalue weighted by Gasteiger charge is 2.29. The van der Waals surface area contributed by atoms with E-state index < -0.39 is 0 Å². The zero-order valence-corrected chi connectivity index (χ0v) is 12.2. The molecule has 0 aromatic carbocycles. The fourth-order valence-electron chi connectivity index (χ4n) is 2.12. The third-order valence-electron chi connectivity index (χ3n) is 3.26. The van der Waals surface area contributed by atoms with Gasteiger partial charge in [0.25, 0.3) is 0 Å². The molecule has 0 aliphatic heterocycles. The van der Waals surface area contributed by atoms with Crippen LogP contribution in [-0.2, 0) is 0 Å². The molecule has 2 rings (SSSR count). The molecular formula is C15H25N3O. The molecule has 1 aromatic rings. The fourth-order valence-corrected chi connectivity index (χ4v) is 2.12. The van der Waals surface area contributed by atoms with Crippen LogP contribution in [0.15, 0.2) is 12.1 Å². The zero-order valence-electron chi connectivity index (χ0n) is 12.2. The van der Waals surface area contributed by atoms with Gasteiger partial charge in [0.2, 0.25) is 5.88 Å². The Morgan fingerprint density at radius 1 is 1.42 bits per heavy atom. The van der Waals surface area contributed by atoms with Gasteiger partial charge in [0.15, 0.2) is 0 Å². The molecule has 4 heteroatoms. The number of unbranched alkanes of at least 4 members (excludes halogenated alkanes) is 1. The summed E-state index contributed by atoms with van der Waals surface area (Å²) in [6.45, 7) is 7.26. The van der Waals surface area contributed by atoms with Crippen molar-refractivity contribution in [2.45, 2.75) is 58.6 Å². The number of anilines is 2. The van der Waals surface area contributed by atoms with Crippen LogP contribution in [0.2, 0.25) is 0 Å². The molecule has 0 spiro atoms. The minimum absolute atomic E-state index is 0.0927. The van der Waals surface area contributed by atoms with Gasteiger partial charge in [-0.1, -0.05) is 13.3 Å². The molecule has 0 amide bonds. The normalized spacial score (nSPS) is 14.7. The van der Waals surface area contributed by atoms with Crippen LogP contribution in [0.4, 0.5) is 11.5 Å². The maximum absolute atomic E-state index is 5.92. The highest BCUT2D eigenvalue weighted by Crippen LogP contribution is 2.33. The van der Waals surface area contributed by atoms with Crippen molar-refractivity contribution in [2.24, 2.45) is 0 Å². The molecule has 1 heterocycles. The third-order valence-corrected chi connectivity index (χ3v) is 3.26. The Bertz CT molecular complexity index is 416. The Hall–Kier alpha value is -1.45. The van der Waals surface area contributed by atoms with Crippen LogP contribution in [0.1, 0.15) is 46.5 Å². The van der Waals surface area contributed by atoms with Gasteiger partial charge in [0.1, 0.15) is 5.82 Å². The number of nitrogen functional groups attached to an aromatic ring is 1. The molecule has 106 valence electrons. The van der Waals surface area contributed by atoms with Crippen LogP contribution < -0.4 is 15.4 Å². The van der Waals surface area contributed by atoms with Gasteiger partial charge in [0, 0.05) is 12.6 Å². The van der Waals surface area contributed by atoms with E-state index in [-0.39, 0.29) is 6.10 Å². The molecular weight excluding hydrogens is 238 g/mol. The van der Waals surface area contributed by atoms with Crippen LogP contribution >= 0.6 is 0 Å². The Morgan fingerprint density at radius 3 is 2.74 bits per heavy atom. The first-order valence-electron chi connectivity index (χ1n) is 7.31. The monoisotopic (exact) mass is 263 g/mol. The second-order valence-corrected chi connectivity index (χ2v) is 5.51. The third kappa shape index (κ3) is 3.75. The molecule has 0 bridgehead atoms. The number of hydrogen-bond donors (Lipinski definition) is 1. The maximum atomic E-state index is 5.92. The lowest BCUT2D eigenvalue weighted by atomic mass is 10.3. The van der Waals surface area contributed by atoms with Crippen molar-refractivity contribution in [2.75, 3.05) is 17.2 Å². The van der Waals surface area contributed by atoms with Gasteiger partial charge < -0.3 is 15.4 Å². The van der Waals surface area contributed by atoms with E-state index in [1.165, 1.54) is 25.7 Å². The quantitative estimate of drug-likeness (QED) is 0.820. The smallest absolute Gasteiger partial charge is 0.239 e. The van der Waals surface area contributed by atoms with Gasteiger partial charge in [0.05, 0.1) is 11.8 Å². The standard InChI is InChI=1S/C15H25N3O/c1-4-5-10-18(12-6-7-12)14-9-8-13(16)15(17-14)19-11(2)3/h8-9,11-12H,4-7,10,16H2,1-3H3. The molecule has 1 aromatic heterocycles. The topological polar surface area (TPSA) is 51.4 Å². The first kappa shape index (κ1) is 14.0. The summed E-state index contributed by atoms with van der Waals surface area (Å²) in [5, 5.41) is 0. The molecule has 0 saturated heterocycles. The Kier molecular flexibility index (Phi) is 4.51. The highest BCUT2D eigenvalue weighted by atomic mass is 16.5. The molecule has 19 heavy (non-hydrogen) atoms. The van der Waals surface area contributed by atoms with E-state index in [0.717, 1.165) is 12.4 Å². The van der Waals surface area contributed by atoms with Crippen LogP contribution in [0, 0.1) is 0 Å². The first-order chi connectivity index (χ1) is 9.11. The molecule has 2 N–H and O–H groups in total. The van der Waals surface area contributed by atoms with Crippen molar-refractivity contribution in [3.05, 3.63) is 12.1 Å². The number of rotatable bonds is 7. The highest BCUT2D eigenvalue weighted by molar-refractivity contribution is 5.55. The summed E-state index contributed by atoms with van der Waals surface area (Å²) in [5.41, 5.74) is 6.54. The van der Waals surface area contributed by atoms with Gasteiger partial charge in [-0.3, -0.25) is 0 Å². The van der Waals surface area contributed by atoms with Crippen molar-refractivity contribution in [3.63, 3.8) is 0 Å². The number of nitrogens with zero attached hydrogens (tertiary/aromatic N) is 2. The Labute approximate surface area is 116 Å².